The summed E-state index contributed by atoms with van der Waals surface area (Å²) in [5.74, 6) is 2.68. The van der Waals surface area contributed by atoms with Gasteiger partial charge in [-0.05, 0) is 49.4 Å². The van der Waals surface area contributed by atoms with Gasteiger partial charge in [-0.1, -0.05) is 51.7 Å². The fraction of sp³-hybridized carbons (Fsp3) is 0.0741. The maximum Gasteiger partial charge on any atom is 0.271 e. The predicted octanol–water partition coefficient (Wildman–Crippen LogP) is 6.40. The maximum absolute atomic E-state index is 12.5. The molecule has 0 saturated heterocycles. The summed E-state index contributed by atoms with van der Waals surface area (Å²) in [4.78, 5) is 17.2. The molecule has 1 amide bonds. The summed E-state index contributed by atoms with van der Waals surface area (Å²) in [6.45, 7) is 2.20. The number of hydrogen-bond acceptors (Lipinski definition) is 6. The highest BCUT2D eigenvalue weighted by Crippen LogP contribution is 2.27. The normalized spacial score (nSPS) is 10.7. The summed E-state index contributed by atoms with van der Waals surface area (Å²) >= 11 is 4.94. The van der Waals surface area contributed by atoms with E-state index in [4.69, 9.17) is 11.2 Å². The monoisotopic (exact) mass is 544 g/mol. The first-order chi connectivity index (χ1) is 17.0. The Hall–Kier alpha value is -3.93. The number of aromatic nitrogens is 1. The minimum Gasteiger partial charge on any atom is -0.480 e. The van der Waals surface area contributed by atoms with Crippen LogP contribution in [0.2, 0.25) is 0 Å². The second-order valence-corrected chi connectivity index (χ2v) is 9.25. The maximum atomic E-state index is 12.5. The van der Waals surface area contributed by atoms with E-state index in [-0.39, 0.29) is 12.5 Å². The minimum atomic E-state index is -0.325. The predicted molar refractivity (Wildman–Crippen MR) is 146 cm³/mol. The third-order valence-corrected chi connectivity index (χ3v) is 6.15. The summed E-state index contributed by atoms with van der Waals surface area (Å²) in [5.41, 5.74) is 7.66. The Kier molecular flexibility index (Phi) is 7.93. The number of aryl methyl sites for hydroxylation is 1. The van der Waals surface area contributed by atoms with E-state index in [1.54, 1.807) is 18.2 Å². The number of thiazole rings is 1. The number of rotatable bonds is 8. The Morgan fingerprint density at radius 1 is 1.17 bits per heavy atom. The molecule has 1 aromatic heterocycles. The van der Waals surface area contributed by atoms with Gasteiger partial charge in [0, 0.05) is 32.2 Å². The average molecular weight is 545 g/mol. The molecule has 4 aromatic rings. The van der Waals surface area contributed by atoms with Crippen molar-refractivity contribution in [1.29, 1.82) is 0 Å². The summed E-state index contributed by atoms with van der Waals surface area (Å²) in [5, 5.41) is 10.2. The minimum absolute atomic E-state index is 0.143. The van der Waals surface area contributed by atoms with Gasteiger partial charge in [0.25, 0.3) is 5.91 Å². The van der Waals surface area contributed by atoms with Gasteiger partial charge in [-0.15, -0.1) is 17.8 Å². The first kappa shape index (κ1) is 24.2. The van der Waals surface area contributed by atoms with Gasteiger partial charge in [-0.3, -0.25) is 4.79 Å². The highest BCUT2D eigenvalue weighted by atomic mass is 79.9. The number of anilines is 2. The molecule has 0 saturated carbocycles. The van der Waals surface area contributed by atoms with E-state index >= 15 is 0 Å². The number of ether oxygens (including phenoxy) is 1. The Balaban J connectivity index is 1.38. The molecule has 35 heavy (non-hydrogen) atoms. The molecule has 6 nitrogen and oxygen atoms in total. The molecular weight excluding hydrogens is 524 g/mol. The summed E-state index contributed by atoms with van der Waals surface area (Å²) in [7, 11) is 0. The second kappa shape index (κ2) is 11.5. The molecule has 2 N–H and O–H groups in total. The summed E-state index contributed by atoms with van der Waals surface area (Å²) in [6.07, 6.45) is 6.78. The van der Waals surface area contributed by atoms with Crippen molar-refractivity contribution in [2.45, 2.75) is 6.92 Å². The first-order valence-corrected chi connectivity index (χ1v) is 12.3. The zero-order valence-corrected chi connectivity index (χ0v) is 21.2. The van der Waals surface area contributed by atoms with E-state index in [1.165, 1.54) is 23.1 Å². The smallest absolute Gasteiger partial charge is 0.271 e. The molecule has 0 bridgehead atoms. The Morgan fingerprint density at radius 3 is 2.69 bits per heavy atom. The van der Waals surface area contributed by atoms with Gasteiger partial charge in [0.2, 0.25) is 0 Å². The van der Waals surface area contributed by atoms with E-state index in [2.05, 4.69) is 61.7 Å². The molecule has 0 spiro atoms. The number of terminal acetylenes is 1. The Morgan fingerprint density at radius 2 is 1.94 bits per heavy atom. The van der Waals surface area contributed by atoms with Gasteiger partial charge in [-0.25, -0.2) is 10.4 Å². The molecule has 0 aliphatic carbocycles. The number of halogens is 1. The molecule has 0 atom stereocenters. The van der Waals surface area contributed by atoms with Crippen LogP contribution in [0, 0.1) is 19.3 Å². The van der Waals surface area contributed by atoms with Crippen LogP contribution >= 0.6 is 27.3 Å². The van der Waals surface area contributed by atoms with E-state index < -0.39 is 0 Å². The molecule has 174 valence electrons. The number of carbonyl (C=O) groups excluding carboxylic acids is 1. The largest absolute Gasteiger partial charge is 0.480 e. The van der Waals surface area contributed by atoms with Crippen molar-refractivity contribution in [3.63, 3.8) is 0 Å². The van der Waals surface area contributed by atoms with Gasteiger partial charge in [0.05, 0.1) is 11.9 Å². The van der Waals surface area contributed by atoms with Crippen LogP contribution in [-0.4, -0.2) is 23.7 Å². The first-order valence-electron chi connectivity index (χ1n) is 10.6. The van der Waals surface area contributed by atoms with Crippen molar-refractivity contribution in [3.8, 4) is 29.4 Å². The summed E-state index contributed by atoms with van der Waals surface area (Å²) in [6, 6.07) is 20.8. The molecule has 3 aromatic carbocycles. The number of nitrogens with one attached hydrogen (secondary N) is 2. The van der Waals surface area contributed by atoms with Crippen molar-refractivity contribution in [2.24, 2.45) is 5.10 Å². The molecule has 0 radical (unpaired) electrons. The zero-order valence-electron chi connectivity index (χ0n) is 18.8. The Bertz CT molecular complexity index is 1390. The number of amides is 1. The van der Waals surface area contributed by atoms with Crippen LogP contribution < -0.4 is 15.5 Å². The third kappa shape index (κ3) is 6.57. The second-order valence-electron chi connectivity index (χ2n) is 7.48. The number of hydrazone groups is 1. The molecule has 8 heteroatoms. The topological polar surface area (TPSA) is 75.6 Å². The van der Waals surface area contributed by atoms with Crippen molar-refractivity contribution >= 4 is 50.2 Å². The lowest BCUT2D eigenvalue weighted by Gasteiger charge is -2.07. The Labute approximate surface area is 216 Å². The molecule has 0 unspecified atom stereocenters. The van der Waals surface area contributed by atoms with Gasteiger partial charge in [0.1, 0.15) is 12.4 Å². The van der Waals surface area contributed by atoms with Crippen LogP contribution in [0.1, 0.15) is 21.5 Å². The fourth-order valence-electron chi connectivity index (χ4n) is 3.11. The van der Waals surface area contributed by atoms with Crippen LogP contribution in [0.3, 0.4) is 0 Å². The van der Waals surface area contributed by atoms with Gasteiger partial charge < -0.3 is 10.1 Å². The lowest BCUT2D eigenvalue weighted by molar-refractivity contribution is 0.0955. The quantitative estimate of drug-likeness (QED) is 0.153. The zero-order chi connectivity index (χ0) is 24.6. The molecule has 0 aliphatic heterocycles. The van der Waals surface area contributed by atoms with E-state index in [9.17, 15) is 4.79 Å². The third-order valence-electron chi connectivity index (χ3n) is 4.90. The van der Waals surface area contributed by atoms with Crippen LogP contribution in [0.5, 0.6) is 5.75 Å². The average Bonchev–Trinajstić information content (AvgIpc) is 3.33. The van der Waals surface area contributed by atoms with Gasteiger partial charge in [-0.2, -0.15) is 5.10 Å². The highest BCUT2D eigenvalue weighted by Gasteiger charge is 2.09. The number of benzene rings is 3. The van der Waals surface area contributed by atoms with E-state index in [0.29, 0.717) is 16.9 Å². The van der Waals surface area contributed by atoms with Gasteiger partial charge >= 0.3 is 0 Å². The number of hydrogen-bond donors (Lipinski definition) is 2. The molecular formula is C27H21BrN4O2S. The van der Waals surface area contributed by atoms with E-state index in [0.717, 1.165) is 26.5 Å². The highest BCUT2D eigenvalue weighted by molar-refractivity contribution is 9.10. The van der Waals surface area contributed by atoms with Crippen molar-refractivity contribution in [2.75, 3.05) is 11.9 Å². The van der Waals surface area contributed by atoms with Crippen molar-refractivity contribution in [3.05, 3.63) is 93.3 Å². The molecule has 1 heterocycles. The van der Waals surface area contributed by atoms with Crippen LogP contribution in [0.25, 0.3) is 11.3 Å². The lowest BCUT2D eigenvalue weighted by atomic mass is 10.1. The van der Waals surface area contributed by atoms with Gasteiger partial charge in [0.15, 0.2) is 5.13 Å². The molecule has 0 fully saturated rings. The van der Waals surface area contributed by atoms with Crippen molar-refractivity contribution < 1.29 is 9.53 Å². The van der Waals surface area contributed by atoms with E-state index in [1.807, 2.05) is 41.8 Å². The van der Waals surface area contributed by atoms with Crippen LogP contribution in [0.4, 0.5) is 10.8 Å². The SMILES string of the molecule is C#CCOc1ccc(Br)cc1/C=N\NC(=O)c1ccc(-c2csc(Nc3ccc(C)cc3)n2)cc1. The fourth-order valence-corrected chi connectivity index (χ4v) is 4.23. The van der Waals surface area contributed by atoms with Crippen LogP contribution in [-0.2, 0) is 0 Å². The van der Waals surface area contributed by atoms with Crippen molar-refractivity contribution in [1.82, 2.24) is 10.4 Å². The number of carbonyl (C=O) groups is 1. The molecule has 4 rings (SSSR count). The standard InChI is InChI=1S/C27H21BrN4O2S/c1-3-14-34-25-13-10-22(28)15-21(25)16-29-32-26(33)20-8-6-19(7-9-20)24-17-35-27(31-24)30-23-11-4-18(2)5-12-23/h1,4-13,15-17H,14H2,2H3,(H,30,31)(H,32,33)/b29-16-. The number of nitrogens with zero attached hydrogens (tertiary/aromatic N) is 2. The molecule has 0 aliphatic rings. The lowest BCUT2D eigenvalue weighted by Crippen LogP contribution is -2.17. The van der Waals surface area contributed by atoms with Crippen LogP contribution in [0.15, 0.2) is 81.7 Å². The summed E-state index contributed by atoms with van der Waals surface area (Å²) < 4.78 is 6.36.